The number of alkyl halides is 3. The van der Waals surface area contributed by atoms with Crippen molar-refractivity contribution in [3.8, 4) is 5.82 Å². The highest BCUT2D eigenvalue weighted by molar-refractivity contribution is 7.90. The highest BCUT2D eigenvalue weighted by Crippen LogP contribution is 2.35. The number of unbranched alkanes of at least 4 members (excludes halogenated alkanes) is 2. The molecule has 0 spiro atoms. The Morgan fingerprint density at radius 2 is 2.00 bits per heavy atom. The van der Waals surface area contributed by atoms with E-state index >= 15 is 0 Å². The molecule has 1 N–H and O–H groups in total. The molecule has 172 valence electrons. The Bertz CT molecular complexity index is 1260. The second kappa shape index (κ2) is 9.15. The molecule has 0 aromatic carbocycles. The van der Waals surface area contributed by atoms with E-state index in [-0.39, 0.29) is 17.1 Å². The van der Waals surface area contributed by atoms with E-state index in [4.69, 9.17) is 0 Å². The van der Waals surface area contributed by atoms with Crippen molar-refractivity contribution >= 4 is 33.0 Å². The third kappa shape index (κ3) is 5.18. The fourth-order valence-corrected chi connectivity index (χ4v) is 4.32. The number of hydrogen-bond donors (Lipinski definition) is 1. The molecule has 0 aliphatic heterocycles. The number of pyridine rings is 1. The second-order valence-electron chi connectivity index (χ2n) is 7.13. The molecule has 12 heteroatoms. The molecule has 32 heavy (non-hydrogen) atoms. The number of carbonyl (C=O) groups excluding carboxylic acids is 1. The van der Waals surface area contributed by atoms with Gasteiger partial charge in [0.15, 0.2) is 5.69 Å². The smallest absolute Gasteiger partial charge is 0.285 e. The molecule has 0 unspecified atom stereocenters. The number of halogens is 3. The van der Waals surface area contributed by atoms with Crippen molar-refractivity contribution in [2.45, 2.75) is 32.4 Å². The lowest BCUT2D eigenvalue weighted by molar-refractivity contribution is -0.141. The Hall–Kier alpha value is -3.15. The van der Waals surface area contributed by atoms with E-state index in [0.29, 0.717) is 23.9 Å². The summed E-state index contributed by atoms with van der Waals surface area (Å²) >= 11 is 0. The first-order valence-corrected chi connectivity index (χ1v) is 11.5. The number of nitrogens with one attached hydrogen (secondary N) is 1. The van der Waals surface area contributed by atoms with Gasteiger partial charge in [0.05, 0.1) is 11.3 Å². The standard InChI is InChI=1S/C20H22F3N5O3S/c1-3-4-5-13-32(30,31)26-16(29)9-8-15-17(20(21,22)23)25-27(2)19(15)28-12-10-14-7-6-11-24-18(14)28/h6-12H,3-5,13H2,1-2H3,(H,26,29). The van der Waals surface area contributed by atoms with E-state index in [2.05, 4.69) is 10.1 Å². The topological polar surface area (TPSA) is 98.9 Å². The maximum absolute atomic E-state index is 13.6. The Labute approximate surface area is 182 Å². The van der Waals surface area contributed by atoms with Gasteiger partial charge < -0.3 is 0 Å². The average Bonchev–Trinajstić information content (AvgIpc) is 3.26. The highest BCUT2D eigenvalue weighted by Gasteiger charge is 2.38. The summed E-state index contributed by atoms with van der Waals surface area (Å²) in [7, 11) is -2.54. The molecule has 0 radical (unpaired) electrons. The van der Waals surface area contributed by atoms with E-state index < -0.39 is 27.8 Å². The number of aromatic nitrogens is 4. The number of sulfonamides is 1. The molecular formula is C20H22F3N5O3S. The number of hydrogen-bond acceptors (Lipinski definition) is 5. The summed E-state index contributed by atoms with van der Waals surface area (Å²) in [5, 5.41) is 4.29. The third-order valence-corrected chi connectivity index (χ3v) is 6.01. The molecule has 0 fully saturated rings. The maximum Gasteiger partial charge on any atom is 0.435 e. The van der Waals surface area contributed by atoms with Crippen LogP contribution in [0.1, 0.15) is 37.4 Å². The van der Waals surface area contributed by atoms with E-state index in [1.54, 1.807) is 24.4 Å². The monoisotopic (exact) mass is 469 g/mol. The third-order valence-electron chi connectivity index (χ3n) is 4.67. The average molecular weight is 469 g/mol. The van der Waals surface area contributed by atoms with Crippen molar-refractivity contribution in [2.24, 2.45) is 7.05 Å². The van der Waals surface area contributed by atoms with Crippen molar-refractivity contribution < 1.29 is 26.4 Å². The van der Waals surface area contributed by atoms with Gasteiger partial charge in [0.25, 0.3) is 5.91 Å². The largest absolute Gasteiger partial charge is 0.435 e. The van der Waals surface area contributed by atoms with Crippen LogP contribution in [0.2, 0.25) is 0 Å². The number of carbonyl (C=O) groups is 1. The molecule has 3 aromatic rings. The van der Waals surface area contributed by atoms with Crippen LogP contribution in [0, 0.1) is 0 Å². The first-order chi connectivity index (χ1) is 15.0. The van der Waals surface area contributed by atoms with Crippen LogP contribution < -0.4 is 4.72 Å². The van der Waals surface area contributed by atoms with Gasteiger partial charge in [-0.3, -0.25) is 14.0 Å². The zero-order valence-electron chi connectivity index (χ0n) is 17.4. The van der Waals surface area contributed by atoms with E-state index in [0.717, 1.165) is 23.3 Å². The van der Waals surface area contributed by atoms with Gasteiger partial charge in [-0.1, -0.05) is 19.8 Å². The zero-order chi connectivity index (χ0) is 23.5. The molecular weight excluding hydrogens is 447 g/mol. The lowest BCUT2D eigenvalue weighted by Crippen LogP contribution is -2.31. The molecule has 3 heterocycles. The molecule has 0 aliphatic carbocycles. The summed E-state index contributed by atoms with van der Waals surface area (Å²) < 4.78 is 69.2. The molecule has 1 amide bonds. The minimum Gasteiger partial charge on any atom is -0.285 e. The van der Waals surface area contributed by atoms with Crippen molar-refractivity contribution in [1.29, 1.82) is 0 Å². The quantitative estimate of drug-likeness (QED) is 0.403. The predicted octanol–water partition coefficient (Wildman–Crippen LogP) is 3.43. The number of fused-ring (bicyclic) bond motifs is 1. The fraction of sp³-hybridized carbons (Fsp3) is 0.350. The first-order valence-electron chi connectivity index (χ1n) is 9.82. The van der Waals surface area contributed by atoms with Crippen LogP contribution in [0.15, 0.2) is 36.7 Å². The Kier molecular flexibility index (Phi) is 6.72. The molecule has 0 saturated carbocycles. The predicted molar refractivity (Wildman–Crippen MR) is 113 cm³/mol. The summed E-state index contributed by atoms with van der Waals surface area (Å²) in [6.45, 7) is 1.90. The SMILES string of the molecule is CCCCCS(=O)(=O)NC(=O)C=Cc1c(C(F)(F)F)nn(C)c1-n1ccc2cccnc21. The summed E-state index contributed by atoms with van der Waals surface area (Å²) in [4.78, 5) is 16.3. The number of aryl methyl sites for hydroxylation is 1. The first kappa shape index (κ1) is 23.5. The molecule has 0 saturated heterocycles. The normalized spacial score (nSPS) is 12.7. The van der Waals surface area contributed by atoms with Crippen LogP contribution >= 0.6 is 0 Å². The maximum atomic E-state index is 13.6. The Morgan fingerprint density at radius 3 is 2.69 bits per heavy atom. The zero-order valence-corrected chi connectivity index (χ0v) is 18.2. The fourth-order valence-electron chi connectivity index (χ4n) is 3.26. The van der Waals surface area contributed by atoms with Crippen molar-refractivity contribution in [3.05, 3.63) is 47.9 Å². The van der Waals surface area contributed by atoms with Gasteiger partial charge in [-0.15, -0.1) is 0 Å². The molecule has 0 atom stereocenters. The number of amides is 1. The van der Waals surface area contributed by atoms with E-state index in [1.165, 1.54) is 17.8 Å². The van der Waals surface area contributed by atoms with E-state index in [9.17, 15) is 26.4 Å². The lowest BCUT2D eigenvalue weighted by atomic mass is 10.2. The van der Waals surface area contributed by atoms with Gasteiger partial charge >= 0.3 is 6.18 Å². The van der Waals surface area contributed by atoms with Crippen molar-refractivity contribution in [1.82, 2.24) is 24.1 Å². The molecule has 3 rings (SSSR count). The Morgan fingerprint density at radius 1 is 1.25 bits per heavy atom. The van der Waals surface area contributed by atoms with E-state index in [1.807, 2.05) is 11.6 Å². The molecule has 8 nitrogen and oxygen atoms in total. The van der Waals surface area contributed by atoms with Crippen molar-refractivity contribution in [2.75, 3.05) is 5.75 Å². The molecule has 3 aromatic heterocycles. The van der Waals surface area contributed by atoms with Crippen LogP contribution in [-0.4, -0.2) is 39.4 Å². The molecule has 0 aliphatic rings. The van der Waals surface area contributed by atoms with Crippen LogP contribution in [0.4, 0.5) is 13.2 Å². The molecule has 0 bridgehead atoms. The minimum atomic E-state index is -4.80. The number of rotatable bonds is 8. The second-order valence-corrected chi connectivity index (χ2v) is 8.98. The summed E-state index contributed by atoms with van der Waals surface area (Å²) in [6.07, 6.45) is 1.78. The van der Waals surface area contributed by atoms with Crippen LogP contribution in [0.3, 0.4) is 0 Å². The van der Waals surface area contributed by atoms with Crippen LogP contribution in [0.5, 0.6) is 0 Å². The van der Waals surface area contributed by atoms with Crippen LogP contribution in [0.25, 0.3) is 22.9 Å². The van der Waals surface area contributed by atoms with Gasteiger partial charge in [0.1, 0.15) is 11.5 Å². The lowest BCUT2D eigenvalue weighted by Gasteiger charge is -2.08. The van der Waals surface area contributed by atoms with Gasteiger partial charge in [0, 0.05) is 30.9 Å². The minimum absolute atomic E-state index is 0.0286. The van der Waals surface area contributed by atoms with Crippen molar-refractivity contribution in [3.63, 3.8) is 0 Å². The van der Waals surface area contributed by atoms with Gasteiger partial charge in [-0.05, 0) is 30.7 Å². The Balaban J connectivity index is 1.99. The van der Waals surface area contributed by atoms with Gasteiger partial charge in [0.2, 0.25) is 10.0 Å². The van der Waals surface area contributed by atoms with Crippen LogP contribution in [-0.2, 0) is 28.0 Å². The summed E-state index contributed by atoms with van der Waals surface area (Å²) in [5.74, 6) is -1.26. The highest BCUT2D eigenvalue weighted by atomic mass is 32.2. The summed E-state index contributed by atoms with van der Waals surface area (Å²) in [6, 6.07) is 5.14. The van der Waals surface area contributed by atoms with Gasteiger partial charge in [-0.2, -0.15) is 18.3 Å². The van der Waals surface area contributed by atoms with Gasteiger partial charge in [-0.25, -0.2) is 18.1 Å². The summed E-state index contributed by atoms with van der Waals surface area (Å²) in [5.41, 5.74) is -1.19. The number of nitrogens with zero attached hydrogens (tertiary/aromatic N) is 4.